The summed E-state index contributed by atoms with van der Waals surface area (Å²) >= 11 is 0. The Hall–Kier alpha value is -3.95. The van der Waals surface area contributed by atoms with E-state index in [1.807, 2.05) is 97.2 Å². The molecule has 0 amide bonds. The van der Waals surface area contributed by atoms with Gasteiger partial charge in [0.2, 0.25) is 0 Å². The van der Waals surface area contributed by atoms with Gasteiger partial charge in [0.15, 0.2) is 12.4 Å². The van der Waals surface area contributed by atoms with E-state index >= 15 is 0 Å². The second-order valence-electron chi connectivity index (χ2n) is 13.8. The molecule has 1 heterocycles. The van der Waals surface area contributed by atoms with E-state index in [4.69, 9.17) is 18.9 Å². The van der Waals surface area contributed by atoms with Crippen molar-refractivity contribution < 1.29 is 56.8 Å². The van der Waals surface area contributed by atoms with Crippen LogP contribution in [-0.2, 0) is 38.7 Å². The summed E-state index contributed by atoms with van der Waals surface area (Å²) in [7, 11) is -4.62. The van der Waals surface area contributed by atoms with Gasteiger partial charge in [0.05, 0.1) is 6.61 Å². The van der Waals surface area contributed by atoms with Crippen molar-refractivity contribution in [2.75, 3.05) is 19.0 Å². The fraction of sp³-hybridized carbons (Fsp3) is 0.522. The zero-order chi connectivity index (χ0) is 43.4. The van der Waals surface area contributed by atoms with Crippen LogP contribution in [0.2, 0.25) is 0 Å². The smallest absolute Gasteiger partial charge is 0.306 e. The Morgan fingerprint density at radius 2 is 1.08 bits per heavy atom. The molecule has 0 spiro atoms. The third-order valence-corrected chi connectivity index (χ3v) is 9.26. The summed E-state index contributed by atoms with van der Waals surface area (Å²) in [6.07, 6.45) is 39.7. The molecule has 0 aliphatic carbocycles. The van der Waals surface area contributed by atoms with Crippen LogP contribution < -0.4 is 0 Å². The van der Waals surface area contributed by atoms with Gasteiger partial charge >= 0.3 is 11.9 Å². The van der Waals surface area contributed by atoms with Crippen LogP contribution in [0, 0.1) is 0 Å². The number of unbranched alkanes of at least 4 members (excludes halogenated alkanes) is 7. The van der Waals surface area contributed by atoms with Crippen molar-refractivity contribution in [3.8, 4) is 0 Å². The van der Waals surface area contributed by atoms with E-state index in [1.54, 1.807) is 0 Å². The molecule has 6 atom stereocenters. The van der Waals surface area contributed by atoms with Crippen LogP contribution in [0.4, 0.5) is 0 Å². The summed E-state index contributed by atoms with van der Waals surface area (Å²) < 4.78 is 53.8. The molecule has 0 saturated carbocycles. The topological polar surface area (TPSA) is 186 Å². The summed E-state index contributed by atoms with van der Waals surface area (Å²) in [6, 6.07) is 0. The second-order valence-corrected chi connectivity index (χ2v) is 15.3. The fourth-order valence-electron chi connectivity index (χ4n) is 5.32. The molecular weight excluding hydrogens is 777 g/mol. The summed E-state index contributed by atoms with van der Waals surface area (Å²) in [5, 5.41) is 30.8. The first kappa shape index (κ1) is 53.1. The second kappa shape index (κ2) is 34.9. The highest BCUT2D eigenvalue weighted by molar-refractivity contribution is 7.85. The molecule has 0 aromatic heterocycles. The van der Waals surface area contributed by atoms with Crippen molar-refractivity contribution >= 4 is 22.1 Å². The zero-order valence-corrected chi connectivity index (χ0v) is 35.6. The van der Waals surface area contributed by atoms with Crippen molar-refractivity contribution in [1.29, 1.82) is 0 Å². The number of ether oxygens (including phenoxy) is 4. The molecule has 59 heavy (non-hydrogen) atoms. The quantitative estimate of drug-likeness (QED) is 0.0230. The van der Waals surface area contributed by atoms with Gasteiger partial charge in [-0.05, 0) is 44.9 Å². The number of aliphatic hydroxyl groups is 3. The van der Waals surface area contributed by atoms with Crippen molar-refractivity contribution in [3.05, 3.63) is 122 Å². The molecule has 1 saturated heterocycles. The van der Waals surface area contributed by atoms with Gasteiger partial charge in [0, 0.05) is 12.8 Å². The minimum absolute atomic E-state index is 0.0531. The normalized spacial score (nSPS) is 21.5. The van der Waals surface area contributed by atoms with Crippen molar-refractivity contribution in [1.82, 2.24) is 0 Å². The SMILES string of the molecule is CC/C=C/C=C/C=C/C=C/C=C/CCCC(=O)OC(COC(=O)CCCCCCC/C=C/C=C/C=C/C=C/C=C/CCC)CO[C@H]1O[C@H](CS(=O)(=O)O)[C@@H](O)C(O)C1O. The summed E-state index contributed by atoms with van der Waals surface area (Å²) in [6.45, 7) is 3.40. The molecule has 1 rings (SSSR count). The Kier molecular flexibility index (Phi) is 31.4. The van der Waals surface area contributed by atoms with Gasteiger partial charge in [-0.3, -0.25) is 14.1 Å². The molecule has 4 N–H and O–H groups in total. The third-order valence-electron chi connectivity index (χ3n) is 8.51. The van der Waals surface area contributed by atoms with E-state index < -0.39 is 71.2 Å². The minimum Gasteiger partial charge on any atom is -0.462 e. The first-order chi connectivity index (χ1) is 28.5. The number of carbonyl (C=O) groups is 2. The van der Waals surface area contributed by atoms with E-state index in [0.717, 1.165) is 51.4 Å². The maximum absolute atomic E-state index is 12.7. The summed E-state index contributed by atoms with van der Waals surface area (Å²) in [4.78, 5) is 25.3. The average molecular weight is 845 g/mol. The van der Waals surface area contributed by atoms with Gasteiger partial charge in [0.1, 0.15) is 36.8 Å². The van der Waals surface area contributed by atoms with Crippen molar-refractivity contribution in [3.63, 3.8) is 0 Å². The van der Waals surface area contributed by atoms with Gasteiger partial charge < -0.3 is 34.3 Å². The van der Waals surface area contributed by atoms with E-state index in [-0.39, 0.29) is 19.4 Å². The lowest BCUT2D eigenvalue weighted by molar-refractivity contribution is -0.297. The van der Waals surface area contributed by atoms with Crippen LogP contribution >= 0.6 is 0 Å². The lowest BCUT2D eigenvalue weighted by Crippen LogP contribution is -2.60. The van der Waals surface area contributed by atoms with Crippen LogP contribution in [0.3, 0.4) is 0 Å². The van der Waals surface area contributed by atoms with E-state index in [0.29, 0.717) is 19.3 Å². The summed E-state index contributed by atoms with van der Waals surface area (Å²) in [5.41, 5.74) is 0. The van der Waals surface area contributed by atoms with Crippen molar-refractivity contribution in [2.24, 2.45) is 0 Å². The molecular formula is C46H68O12S. The first-order valence-corrected chi connectivity index (χ1v) is 22.3. The molecule has 0 bridgehead atoms. The monoisotopic (exact) mass is 844 g/mol. The van der Waals surface area contributed by atoms with Crippen LogP contribution in [0.25, 0.3) is 0 Å². The highest BCUT2D eigenvalue weighted by Gasteiger charge is 2.46. The molecule has 0 aromatic carbocycles. The minimum atomic E-state index is -4.62. The Morgan fingerprint density at radius 1 is 0.593 bits per heavy atom. The molecule has 0 aromatic rings. The molecule has 1 aliphatic heterocycles. The Balaban J connectivity index is 2.56. The average Bonchev–Trinajstić information content (AvgIpc) is 3.20. The number of esters is 2. The first-order valence-electron chi connectivity index (χ1n) is 20.7. The molecule has 13 heteroatoms. The van der Waals surface area contributed by atoms with Crippen LogP contribution in [0.1, 0.15) is 97.3 Å². The van der Waals surface area contributed by atoms with Gasteiger partial charge in [-0.25, -0.2) is 0 Å². The molecule has 1 aliphatic rings. The highest BCUT2D eigenvalue weighted by atomic mass is 32.2. The van der Waals surface area contributed by atoms with E-state index in [9.17, 15) is 37.9 Å². The van der Waals surface area contributed by atoms with Crippen LogP contribution in [-0.4, -0.2) is 96.0 Å². The Labute approximate surface area is 352 Å². The molecule has 1 fully saturated rings. The molecule has 12 nitrogen and oxygen atoms in total. The zero-order valence-electron chi connectivity index (χ0n) is 34.8. The van der Waals surface area contributed by atoms with Crippen LogP contribution in [0.15, 0.2) is 122 Å². The van der Waals surface area contributed by atoms with Gasteiger partial charge in [-0.1, -0.05) is 161 Å². The lowest BCUT2D eigenvalue weighted by atomic mass is 10.00. The van der Waals surface area contributed by atoms with Crippen molar-refractivity contribution in [2.45, 2.75) is 134 Å². The fourth-order valence-corrected chi connectivity index (χ4v) is 6.01. The number of carbonyl (C=O) groups excluding carboxylic acids is 2. The Morgan fingerprint density at radius 3 is 1.64 bits per heavy atom. The molecule has 0 radical (unpaired) electrons. The predicted molar refractivity (Wildman–Crippen MR) is 233 cm³/mol. The molecule has 330 valence electrons. The largest absolute Gasteiger partial charge is 0.462 e. The Bertz CT molecular complexity index is 1550. The number of hydrogen-bond donors (Lipinski definition) is 4. The van der Waals surface area contributed by atoms with E-state index in [1.165, 1.54) is 0 Å². The van der Waals surface area contributed by atoms with Gasteiger partial charge in [-0.2, -0.15) is 8.42 Å². The maximum atomic E-state index is 12.7. The number of hydrogen-bond acceptors (Lipinski definition) is 11. The van der Waals surface area contributed by atoms with Crippen LogP contribution in [0.5, 0.6) is 0 Å². The highest BCUT2D eigenvalue weighted by Crippen LogP contribution is 2.23. The predicted octanol–water partition coefficient (Wildman–Crippen LogP) is 7.83. The third kappa shape index (κ3) is 29.8. The standard InChI is InChI=1S/C46H68O12S/c1-3-5-7-9-11-13-15-17-18-19-20-21-23-24-26-28-30-32-34-41(47)55-36-39(37-56-46-45(51)44(50)43(49)40(58-46)38-59(52,53)54)57-42(48)35-33-31-29-27-25-22-16-14-12-10-8-6-4-2/h6-22,25,27,29,39-40,43-46,49-51H,3-5,23-24,26,28,30-38H2,1-2H3,(H,52,53,54)/b8-6+,9-7+,12-10+,13-11+,16-14+,17-15+,19-18+,21-20+,25-22+,29-27+/t39?,40-,43-,44?,45?,46+/m1/s1. The lowest BCUT2D eigenvalue weighted by Gasteiger charge is -2.40. The summed E-state index contributed by atoms with van der Waals surface area (Å²) in [5.74, 6) is -2.14. The van der Waals surface area contributed by atoms with E-state index in [2.05, 4.69) is 38.2 Å². The number of aliphatic hydroxyl groups excluding tert-OH is 3. The maximum Gasteiger partial charge on any atom is 0.306 e. The van der Waals surface area contributed by atoms with Gasteiger partial charge in [-0.15, -0.1) is 0 Å². The number of allylic oxidation sites excluding steroid dienone is 20. The molecule has 3 unspecified atom stereocenters. The number of rotatable bonds is 31. The van der Waals surface area contributed by atoms with Gasteiger partial charge in [0.25, 0.3) is 10.1 Å².